The maximum absolute atomic E-state index is 13.6. The van der Waals surface area contributed by atoms with E-state index in [1.54, 1.807) is 14.2 Å². The Bertz CT molecular complexity index is 723. The van der Waals surface area contributed by atoms with Gasteiger partial charge in [0.1, 0.15) is 17.0 Å². The van der Waals surface area contributed by atoms with Crippen molar-refractivity contribution < 1.29 is 14.3 Å². The Hall–Kier alpha value is -1.75. The smallest absolute Gasteiger partial charge is 0.243 e. The van der Waals surface area contributed by atoms with E-state index < -0.39 is 0 Å². The van der Waals surface area contributed by atoms with Gasteiger partial charge in [0.25, 0.3) is 0 Å². The van der Waals surface area contributed by atoms with Crippen molar-refractivity contribution in [3.8, 4) is 11.5 Å². The zero-order valence-corrected chi connectivity index (χ0v) is 16.4. The fourth-order valence-corrected chi connectivity index (χ4v) is 6.39. The van der Waals surface area contributed by atoms with Gasteiger partial charge in [-0.3, -0.25) is 9.69 Å². The molecule has 1 spiro atoms. The van der Waals surface area contributed by atoms with E-state index in [4.69, 9.17) is 9.47 Å². The van der Waals surface area contributed by atoms with Crippen molar-refractivity contribution >= 4 is 5.91 Å². The first-order valence-corrected chi connectivity index (χ1v) is 10.5. The molecule has 0 bridgehead atoms. The molecule has 3 atom stereocenters. The molecular weight excluding hydrogens is 340 g/mol. The maximum Gasteiger partial charge on any atom is 0.243 e. The van der Waals surface area contributed by atoms with Crippen LogP contribution >= 0.6 is 0 Å². The van der Waals surface area contributed by atoms with Gasteiger partial charge in [-0.2, -0.15) is 0 Å². The van der Waals surface area contributed by atoms with Crippen molar-refractivity contribution in [3.63, 3.8) is 0 Å². The van der Waals surface area contributed by atoms with Crippen molar-refractivity contribution in [2.24, 2.45) is 5.92 Å². The van der Waals surface area contributed by atoms with Crippen LogP contribution in [0.5, 0.6) is 11.5 Å². The molecule has 1 aromatic carbocycles. The van der Waals surface area contributed by atoms with Gasteiger partial charge in [-0.15, -0.1) is 0 Å². The number of rotatable bonds is 4. The summed E-state index contributed by atoms with van der Waals surface area (Å²) in [6, 6.07) is 6.96. The van der Waals surface area contributed by atoms with E-state index in [1.165, 1.54) is 31.2 Å². The minimum Gasteiger partial charge on any atom is -0.497 e. The quantitative estimate of drug-likeness (QED) is 0.815. The van der Waals surface area contributed by atoms with E-state index in [0.29, 0.717) is 17.9 Å². The standard InChI is InChI=1S/C22H30N2O3/c1-26-18-10-15(11-19(13-18)27-2)20-12-16-14-23(17-6-3-4-7-17)21(25)22(16)8-5-9-24(20)22/h10-11,13,16-17,20H,3-9,12,14H2,1-2H3/t16-,20-,22-/m0/s1. The number of methoxy groups -OCH3 is 2. The fourth-order valence-electron chi connectivity index (χ4n) is 6.39. The van der Waals surface area contributed by atoms with Crippen LogP contribution in [0.1, 0.15) is 56.6 Å². The van der Waals surface area contributed by atoms with Crippen LogP contribution < -0.4 is 9.47 Å². The van der Waals surface area contributed by atoms with Crippen LogP contribution in [0, 0.1) is 5.92 Å². The van der Waals surface area contributed by atoms with Crippen molar-refractivity contribution in [3.05, 3.63) is 23.8 Å². The van der Waals surface area contributed by atoms with Crippen LogP contribution in [0.2, 0.25) is 0 Å². The summed E-state index contributed by atoms with van der Waals surface area (Å²) >= 11 is 0. The number of hydrogen-bond donors (Lipinski definition) is 0. The third kappa shape index (κ3) is 2.43. The highest BCUT2D eigenvalue weighted by Gasteiger charge is 2.65. The molecule has 1 aliphatic carbocycles. The first kappa shape index (κ1) is 17.4. The Morgan fingerprint density at radius 1 is 1.04 bits per heavy atom. The molecule has 5 nitrogen and oxygen atoms in total. The zero-order valence-electron chi connectivity index (χ0n) is 16.4. The molecule has 27 heavy (non-hydrogen) atoms. The van der Waals surface area contributed by atoms with Gasteiger partial charge in [0.05, 0.1) is 14.2 Å². The number of hydrogen-bond acceptors (Lipinski definition) is 4. The van der Waals surface area contributed by atoms with Crippen molar-refractivity contribution in [2.45, 2.75) is 62.6 Å². The van der Waals surface area contributed by atoms with E-state index in [2.05, 4.69) is 21.9 Å². The summed E-state index contributed by atoms with van der Waals surface area (Å²) in [5.41, 5.74) is 0.978. The minimum atomic E-state index is -0.246. The van der Waals surface area contributed by atoms with E-state index >= 15 is 0 Å². The van der Waals surface area contributed by atoms with Crippen LogP contribution in [0.15, 0.2) is 18.2 Å². The molecule has 0 unspecified atom stereocenters. The van der Waals surface area contributed by atoms with E-state index in [-0.39, 0.29) is 11.6 Å². The molecule has 1 aromatic rings. The van der Waals surface area contributed by atoms with Gasteiger partial charge in [0, 0.05) is 30.6 Å². The van der Waals surface area contributed by atoms with E-state index in [0.717, 1.165) is 43.9 Å². The van der Waals surface area contributed by atoms with Crippen LogP contribution in [-0.2, 0) is 4.79 Å². The van der Waals surface area contributed by atoms with Crippen LogP contribution in [0.3, 0.4) is 0 Å². The molecule has 3 aliphatic heterocycles. The molecule has 5 heteroatoms. The fraction of sp³-hybridized carbons (Fsp3) is 0.682. The van der Waals surface area contributed by atoms with Crippen molar-refractivity contribution in [1.82, 2.24) is 9.80 Å². The summed E-state index contributed by atoms with van der Waals surface area (Å²) in [4.78, 5) is 18.4. The highest BCUT2D eigenvalue weighted by molar-refractivity contribution is 5.90. The summed E-state index contributed by atoms with van der Waals surface area (Å²) in [5, 5.41) is 0. The number of amides is 1. The molecule has 4 aliphatic rings. The van der Waals surface area contributed by atoms with Gasteiger partial charge in [-0.25, -0.2) is 0 Å². The molecule has 1 amide bonds. The number of benzene rings is 1. The lowest BCUT2D eigenvalue weighted by molar-refractivity contribution is -0.138. The molecule has 146 valence electrons. The summed E-state index contributed by atoms with van der Waals surface area (Å²) in [5.74, 6) is 2.53. The molecular formula is C22H30N2O3. The molecule has 0 radical (unpaired) electrons. The molecule has 3 heterocycles. The van der Waals surface area contributed by atoms with Crippen LogP contribution in [0.25, 0.3) is 0 Å². The minimum absolute atomic E-state index is 0.246. The Morgan fingerprint density at radius 3 is 2.41 bits per heavy atom. The Morgan fingerprint density at radius 2 is 1.74 bits per heavy atom. The summed E-state index contributed by atoms with van der Waals surface area (Å²) in [6.07, 6.45) is 8.17. The predicted octanol–water partition coefficient (Wildman–Crippen LogP) is 3.38. The second-order valence-corrected chi connectivity index (χ2v) is 8.71. The average molecular weight is 370 g/mol. The lowest BCUT2D eigenvalue weighted by atomic mass is 9.85. The highest BCUT2D eigenvalue weighted by Crippen LogP contribution is 2.57. The largest absolute Gasteiger partial charge is 0.497 e. The Kier molecular flexibility index (Phi) is 4.12. The van der Waals surface area contributed by atoms with Crippen LogP contribution in [-0.4, -0.2) is 54.6 Å². The molecule has 1 saturated carbocycles. The first-order valence-electron chi connectivity index (χ1n) is 10.5. The van der Waals surface area contributed by atoms with Gasteiger partial charge >= 0.3 is 0 Å². The van der Waals surface area contributed by atoms with E-state index in [1.807, 2.05) is 6.07 Å². The van der Waals surface area contributed by atoms with Gasteiger partial charge in [-0.1, -0.05) is 12.8 Å². The normalized spacial score (nSPS) is 33.6. The Balaban J connectivity index is 1.48. The third-order valence-electron chi connectivity index (χ3n) is 7.60. The lowest BCUT2D eigenvalue weighted by Gasteiger charge is -2.35. The predicted molar refractivity (Wildman–Crippen MR) is 103 cm³/mol. The SMILES string of the molecule is COc1cc(OC)cc([C@@H]2C[C@H]3CN(C4CCCC4)C(=O)[C@]34CCCN24)c1. The number of nitrogens with zero attached hydrogens (tertiary/aromatic N) is 2. The van der Waals surface area contributed by atoms with Gasteiger partial charge < -0.3 is 14.4 Å². The van der Waals surface area contributed by atoms with Crippen molar-refractivity contribution in [1.29, 1.82) is 0 Å². The summed E-state index contributed by atoms with van der Waals surface area (Å²) < 4.78 is 11.0. The summed E-state index contributed by atoms with van der Waals surface area (Å²) in [7, 11) is 3.39. The second-order valence-electron chi connectivity index (χ2n) is 8.71. The lowest BCUT2D eigenvalue weighted by Crippen LogP contribution is -2.51. The molecule has 5 rings (SSSR count). The summed E-state index contributed by atoms with van der Waals surface area (Å²) in [6.45, 7) is 1.97. The molecule has 0 aromatic heterocycles. The van der Waals surface area contributed by atoms with Gasteiger partial charge in [0.15, 0.2) is 0 Å². The monoisotopic (exact) mass is 370 g/mol. The van der Waals surface area contributed by atoms with Gasteiger partial charge in [0.2, 0.25) is 5.91 Å². The molecule has 4 fully saturated rings. The number of likely N-dealkylation sites (tertiary alicyclic amines) is 1. The topological polar surface area (TPSA) is 42.0 Å². The zero-order chi connectivity index (χ0) is 18.6. The van der Waals surface area contributed by atoms with Crippen LogP contribution in [0.4, 0.5) is 0 Å². The number of carbonyl (C=O) groups is 1. The van der Waals surface area contributed by atoms with E-state index in [9.17, 15) is 4.79 Å². The maximum atomic E-state index is 13.6. The third-order valence-corrected chi connectivity index (χ3v) is 7.60. The molecule has 0 N–H and O–H groups in total. The first-order chi connectivity index (χ1) is 13.2. The number of ether oxygens (including phenoxy) is 2. The highest BCUT2D eigenvalue weighted by atomic mass is 16.5. The van der Waals surface area contributed by atoms with Gasteiger partial charge in [-0.05, 0) is 56.3 Å². The average Bonchev–Trinajstić information content (AvgIpc) is 3.44. The number of carbonyl (C=O) groups excluding carboxylic acids is 1. The second kappa shape index (κ2) is 6.40. The van der Waals surface area contributed by atoms with Crippen molar-refractivity contribution in [2.75, 3.05) is 27.3 Å². The molecule has 3 saturated heterocycles. The Labute approximate surface area is 161 Å².